The van der Waals surface area contributed by atoms with Crippen LogP contribution < -0.4 is 14.8 Å². The van der Waals surface area contributed by atoms with Gasteiger partial charge < -0.3 is 14.8 Å². The highest BCUT2D eigenvalue weighted by Gasteiger charge is 2.45. The molecule has 0 heterocycles. The second kappa shape index (κ2) is 13.9. The maximum absolute atomic E-state index is 15.1. The monoisotopic (exact) mass is 713 g/mol. The number of amides is 1. The molecule has 17 heteroatoms. The van der Waals surface area contributed by atoms with E-state index in [-0.39, 0.29) is 17.7 Å². The van der Waals surface area contributed by atoms with Crippen molar-refractivity contribution in [1.82, 2.24) is 5.32 Å². The van der Waals surface area contributed by atoms with Crippen molar-refractivity contribution in [2.45, 2.75) is 36.8 Å². The third-order valence-electron chi connectivity index (χ3n) is 6.86. The lowest BCUT2D eigenvalue weighted by molar-refractivity contribution is -0.253. The Morgan fingerprint density at radius 2 is 1.39 bits per heavy atom. The van der Waals surface area contributed by atoms with Gasteiger partial charge in [-0.25, -0.2) is 13.2 Å². The van der Waals surface area contributed by atoms with E-state index in [2.05, 4.69) is 14.8 Å². The molecule has 0 bridgehead atoms. The van der Waals surface area contributed by atoms with Crippen LogP contribution in [0.15, 0.2) is 84.9 Å². The van der Waals surface area contributed by atoms with Crippen LogP contribution in [0, 0.1) is 17.5 Å². The second-order valence-electron chi connectivity index (χ2n) is 10.4. The van der Waals surface area contributed by atoms with Gasteiger partial charge in [-0.05, 0) is 59.2 Å². The van der Waals surface area contributed by atoms with Crippen molar-refractivity contribution in [3.8, 4) is 11.5 Å². The van der Waals surface area contributed by atoms with Crippen molar-refractivity contribution in [2.75, 3.05) is 6.61 Å². The molecule has 0 saturated heterocycles. The quantitative estimate of drug-likeness (QED) is 0.158. The molecule has 1 unspecified atom stereocenters. The molecule has 0 fully saturated rings. The zero-order valence-electron chi connectivity index (χ0n) is 24.2. The number of hydrogen-bond donors (Lipinski definition) is 1. The summed E-state index contributed by atoms with van der Waals surface area (Å²) in [7, 11) is 0. The average Bonchev–Trinajstić information content (AvgIpc) is 2.99. The molecule has 0 saturated carbocycles. The van der Waals surface area contributed by atoms with E-state index in [0.717, 1.165) is 6.07 Å². The SMILES string of the molecule is O=C(NC(Cc1ccccc1)(c1cc(F)cc(OC(F)(F)C(F)F)c1)c1ccc(F)c(OCC(F)(F)F)c1)c1ccc(F)c(C(F)(F)F)c1. The fraction of sp³-hybridized carbons (Fsp3) is 0.219. The molecule has 262 valence electrons. The maximum atomic E-state index is 15.1. The highest BCUT2D eigenvalue weighted by Crippen LogP contribution is 2.40. The van der Waals surface area contributed by atoms with Crippen LogP contribution >= 0.6 is 0 Å². The van der Waals surface area contributed by atoms with E-state index >= 15 is 4.39 Å². The normalized spacial score (nSPS) is 13.6. The molecule has 0 aliphatic rings. The van der Waals surface area contributed by atoms with Crippen LogP contribution in [0.25, 0.3) is 0 Å². The van der Waals surface area contributed by atoms with Crippen LogP contribution in [-0.2, 0) is 18.1 Å². The molecular weight excluding hydrogens is 693 g/mol. The Labute approximate surface area is 268 Å². The number of benzene rings is 4. The first-order valence-corrected chi connectivity index (χ1v) is 13.6. The smallest absolute Gasteiger partial charge is 0.461 e. The Bertz CT molecular complexity index is 1790. The molecule has 1 atom stereocenters. The van der Waals surface area contributed by atoms with Crippen molar-refractivity contribution < 1.29 is 71.3 Å². The topological polar surface area (TPSA) is 47.6 Å². The molecule has 4 nitrogen and oxygen atoms in total. The standard InChI is InChI=1S/C32H20F13NO3/c33-21-11-20(12-22(14-21)49-32(44,45)28(36)37)29(15-17-4-2-1-3-5-17,19-7-9-25(35)26(13-19)48-16-30(38,39)40)46-27(47)18-6-8-24(34)23(10-18)31(41,42)43/h1-14,28H,15-16H2,(H,46,47). The Morgan fingerprint density at radius 3 is 2.00 bits per heavy atom. The summed E-state index contributed by atoms with van der Waals surface area (Å²) >= 11 is 0. The van der Waals surface area contributed by atoms with Crippen molar-refractivity contribution >= 4 is 5.91 Å². The molecule has 0 spiro atoms. The lowest BCUT2D eigenvalue weighted by atomic mass is 9.77. The number of carbonyl (C=O) groups is 1. The molecular formula is C32H20F13NO3. The molecule has 4 rings (SSSR count). The first-order chi connectivity index (χ1) is 22.7. The minimum atomic E-state index is -5.30. The van der Waals surface area contributed by atoms with Gasteiger partial charge in [-0.2, -0.15) is 43.9 Å². The first kappa shape index (κ1) is 36.9. The highest BCUT2D eigenvalue weighted by atomic mass is 19.4. The van der Waals surface area contributed by atoms with E-state index in [1.54, 1.807) is 0 Å². The van der Waals surface area contributed by atoms with Gasteiger partial charge in [0.2, 0.25) is 0 Å². The number of rotatable bonds is 11. The van der Waals surface area contributed by atoms with Crippen LogP contribution in [0.3, 0.4) is 0 Å². The van der Waals surface area contributed by atoms with E-state index in [9.17, 15) is 57.5 Å². The van der Waals surface area contributed by atoms with Crippen LogP contribution in [0.2, 0.25) is 0 Å². The molecule has 0 aliphatic heterocycles. The molecule has 4 aromatic rings. The van der Waals surface area contributed by atoms with Crippen molar-refractivity contribution in [1.29, 1.82) is 0 Å². The predicted octanol–water partition coefficient (Wildman–Crippen LogP) is 9.22. The van der Waals surface area contributed by atoms with Gasteiger partial charge in [-0.3, -0.25) is 4.79 Å². The van der Waals surface area contributed by atoms with Crippen LogP contribution in [-0.4, -0.2) is 31.2 Å². The van der Waals surface area contributed by atoms with Gasteiger partial charge in [0, 0.05) is 18.1 Å². The van der Waals surface area contributed by atoms with Gasteiger partial charge in [0.1, 0.15) is 17.4 Å². The average molecular weight is 713 g/mol. The van der Waals surface area contributed by atoms with Crippen molar-refractivity contribution in [2.24, 2.45) is 0 Å². The van der Waals surface area contributed by atoms with Crippen LogP contribution in [0.5, 0.6) is 11.5 Å². The minimum Gasteiger partial charge on any atom is -0.481 e. The molecule has 4 aromatic carbocycles. The zero-order chi connectivity index (χ0) is 36.4. The lowest BCUT2D eigenvalue weighted by Crippen LogP contribution is -2.49. The molecule has 1 amide bonds. The second-order valence-corrected chi connectivity index (χ2v) is 10.4. The molecule has 0 radical (unpaired) electrons. The number of hydrogen-bond acceptors (Lipinski definition) is 3. The van der Waals surface area contributed by atoms with E-state index in [0.29, 0.717) is 36.4 Å². The first-order valence-electron chi connectivity index (χ1n) is 13.6. The zero-order valence-corrected chi connectivity index (χ0v) is 24.2. The highest BCUT2D eigenvalue weighted by molar-refractivity contribution is 5.95. The Balaban J connectivity index is 2.02. The molecule has 49 heavy (non-hydrogen) atoms. The third kappa shape index (κ3) is 8.94. The summed E-state index contributed by atoms with van der Waals surface area (Å²) in [6.07, 6.45) is -20.5. The Kier molecular flexibility index (Phi) is 10.4. The van der Waals surface area contributed by atoms with E-state index < -0.39 is 101 Å². The fourth-order valence-corrected chi connectivity index (χ4v) is 4.72. The molecule has 0 aromatic heterocycles. The summed E-state index contributed by atoms with van der Waals surface area (Å²) in [4.78, 5) is 13.7. The minimum absolute atomic E-state index is 0.115. The van der Waals surface area contributed by atoms with Gasteiger partial charge in [-0.15, -0.1) is 0 Å². The lowest BCUT2D eigenvalue weighted by Gasteiger charge is -2.37. The van der Waals surface area contributed by atoms with E-state index in [4.69, 9.17) is 0 Å². The Hall–Kier alpha value is -4.96. The summed E-state index contributed by atoms with van der Waals surface area (Å²) in [6.45, 7) is -2.03. The number of ether oxygens (including phenoxy) is 2. The summed E-state index contributed by atoms with van der Waals surface area (Å²) in [6, 6.07) is 11.7. The summed E-state index contributed by atoms with van der Waals surface area (Å²) in [5.74, 6) is -8.38. The van der Waals surface area contributed by atoms with Gasteiger partial charge in [0.05, 0.1) is 11.1 Å². The molecule has 1 N–H and O–H groups in total. The number of carbonyl (C=O) groups excluding carboxylic acids is 1. The van der Waals surface area contributed by atoms with Gasteiger partial charge >= 0.3 is 24.9 Å². The number of halogens is 13. The van der Waals surface area contributed by atoms with Crippen LogP contribution in [0.1, 0.15) is 32.6 Å². The fourth-order valence-electron chi connectivity index (χ4n) is 4.72. The van der Waals surface area contributed by atoms with Crippen molar-refractivity contribution in [3.05, 3.63) is 130 Å². The summed E-state index contributed by atoms with van der Waals surface area (Å²) in [5, 5.41) is 2.30. The summed E-state index contributed by atoms with van der Waals surface area (Å²) in [5.41, 5.74) is -6.11. The largest absolute Gasteiger partial charge is 0.481 e. The third-order valence-corrected chi connectivity index (χ3v) is 6.86. The summed E-state index contributed by atoms with van der Waals surface area (Å²) < 4.78 is 186. The number of nitrogens with one attached hydrogen (secondary N) is 1. The van der Waals surface area contributed by atoms with Gasteiger partial charge in [-0.1, -0.05) is 36.4 Å². The van der Waals surface area contributed by atoms with Crippen molar-refractivity contribution in [3.63, 3.8) is 0 Å². The molecule has 0 aliphatic carbocycles. The number of alkyl halides is 10. The predicted molar refractivity (Wildman–Crippen MR) is 146 cm³/mol. The van der Waals surface area contributed by atoms with Gasteiger partial charge in [0.25, 0.3) is 5.91 Å². The van der Waals surface area contributed by atoms with Crippen LogP contribution in [0.4, 0.5) is 57.1 Å². The maximum Gasteiger partial charge on any atom is 0.461 e. The van der Waals surface area contributed by atoms with E-state index in [1.807, 2.05) is 0 Å². The van der Waals surface area contributed by atoms with Gasteiger partial charge in [0.15, 0.2) is 18.2 Å². The van der Waals surface area contributed by atoms with E-state index in [1.165, 1.54) is 30.3 Å². The Morgan fingerprint density at radius 1 is 0.735 bits per heavy atom.